The number of hydrogen-bond donors (Lipinski definition) is 4. The summed E-state index contributed by atoms with van der Waals surface area (Å²) in [6.07, 6.45) is -6.34. The lowest BCUT2D eigenvalue weighted by Crippen LogP contribution is -2.65. The highest BCUT2D eigenvalue weighted by atomic mass is 19.4. The highest BCUT2D eigenvalue weighted by Crippen LogP contribution is 2.65. The van der Waals surface area contributed by atoms with Crippen molar-refractivity contribution in [2.24, 2.45) is 17.3 Å². The number of nitrogens with zero attached hydrogens (tertiary/aromatic N) is 2. The molecule has 300 valence electrons. The largest absolute Gasteiger partial charge is 0.481 e. The first kappa shape index (κ1) is 39.7. The molecule has 5 aliphatic rings. The van der Waals surface area contributed by atoms with E-state index in [1.807, 2.05) is 6.92 Å². The number of halogens is 6. The van der Waals surface area contributed by atoms with Gasteiger partial charge in [-0.1, -0.05) is 45.0 Å². The fraction of sp³-hybridized carbons (Fsp3) is 0.526. The molecule has 2 aliphatic heterocycles. The van der Waals surface area contributed by atoms with E-state index < -0.39 is 76.9 Å². The van der Waals surface area contributed by atoms with Crippen molar-refractivity contribution in [3.05, 3.63) is 87.6 Å². The SMILES string of the molecule is CC[C@H](NC(=O)[C@@H]1C[C@@](C)(NC(=O)Nc2ccccc2C(F)(F)F)c2ncc(NCc3cccc(C(F)(F)F)c3)c(=O)n21)B1O[C@@H]2C[C@@H]3C[C@@H](C3(C)C)[C@]2(C)O1. The molecule has 56 heavy (non-hydrogen) atoms. The summed E-state index contributed by atoms with van der Waals surface area (Å²) in [6, 6.07) is 6.64. The fourth-order valence-corrected chi connectivity index (χ4v) is 9.18. The summed E-state index contributed by atoms with van der Waals surface area (Å²) in [5.74, 6) is -0.555. The van der Waals surface area contributed by atoms with Gasteiger partial charge in [0.05, 0.1) is 46.2 Å². The van der Waals surface area contributed by atoms with Gasteiger partial charge in [-0.25, -0.2) is 9.78 Å². The zero-order valence-electron chi connectivity index (χ0n) is 31.4. The van der Waals surface area contributed by atoms with Gasteiger partial charge < -0.3 is 30.6 Å². The number of urea groups is 1. The zero-order chi connectivity index (χ0) is 40.6. The molecule has 1 aromatic heterocycles. The minimum atomic E-state index is -4.77. The van der Waals surface area contributed by atoms with Crippen LogP contribution >= 0.6 is 0 Å². The van der Waals surface area contributed by atoms with Crippen LogP contribution in [0.2, 0.25) is 0 Å². The molecule has 0 radical (unpaired) electrons. The molecule has 1 saturated heterocycles. The minimum Gasteiger partial charge on any atom is -0.404 e. The molecule has 3 saturated carbocycles. The summed E-state index contributed by atoms with van der Waals surface area (Å²) in [5.41, 5.74) is -5.15. The van der Waals surface area contributed by atoms with E-state index in [0.717, 1.165) is 47.9 Å². The Morgan fingerprint density at radius 2 is 1.73 bits per heavy atom. The first-order chi connectivity index (χ1) is 26.2. The topological polar surface area (TPSA) is 136 Å². The number of nitrogens with one attached hydrogen (secondary N) is 4. The maximum absolute atomic E-state index is 14.3. The Labute approximate surface area is 319 Å². The first-order valence-electron chi connectivity index (χ1n) is 18.6. The van der Waals surface area contributed by atoms with Crippen LogP contribution in [-0.4, -0.2) is 46.3 Å². The molecule has 4 fully saturated rings. The van der Waals surface area contributed by atoms with Crippen LogP contribution in [0.5, 0.6) is 0 Å². The number of amides is 3. The second kappa shape index (κ2) is 13.8. The maximum Gasteiger partial charge on any atom is 0.481 e. The molecule has 7 atom stereocenters. The molecule has 3 aliphatic carbocycles. The highest BCUT2D eigenvalue weighted by Gasteiger charge is 2.68. The molecule has 0 spiro atoms. The third-order valence-electron chi connectivity index (χ3n) is 12.4. The van der Waals surface area contributed by atoms with Gasteiger partial charge in [0.15, 0.2) is 0 Å². The lowest BCUT2D eigenvalue weighted by molar-refractivity contribution is -0.199. The van der Waals surface area contributed by atoms with Gasteiger partial charge >= 0.3 is 25.5 Å². The number of hydrogen-bond acceptors (Lipinski definition) is 7. The van der Waals surface area contributed by atoms with E-state index >= 15 is 0 Å². The molecule has 2 bridgehead atoms. The van der Waals surface area contributed by atoms with Gasteiger partial charge in [0.25, 0.3) is 5.56 Å². The molecule has 4 N–H and O–H groups in total. The van der Waals surface area contributed by atoms with Crippen molar-refractivity contribution in [3.8, 4) is 0 Å². The van der Waals surface area contributed by atoms with Crippen molar-refractivity contribution in [1.82, 2.24) is 20.2 Å². The number of alkyl halides is 6. The van der Waals surface area contributed by atoms with E-state index in [4.69, 9.17) is 9.31 Å². The molecule has 8 rings (SSSR count). The summed E-state index contributed by atoms with van der Waals surface area (Å²) in [6.45, 7) is 9.66. The molecule has 3 amide bonds. The second-order valence-electron chi connectivity index (χ2n) is 16.3. The van der Waals surface area contributed by atoms with Crippen LogP contribution in [0.4, 0.5) is 42.5 Å². The first-order valence-corrected chi connectivity index (χ1v) is 18.6. The van der Waals surface area contributed by atoms with Gasteiger partial charge in [-0.2, -0.15) is 26.3 Å². The second-order valence-corrected chi connectivity index (χ2v) is 16.3. The van der Waals surface area contributed by atoms with Crippen LogP contribution < -0.4 is 26.8 Å². The fourth-order valence-electron chi connectivity index (χ4n) is 9.18. The summed E-state index contributed by atoms with van der Waals surface area (Å²) >= 11 is 0. The molecule has 3 heterocycles. The lowest BCUT2D eigenvalue weighted by Gasteiger charge is -2.64. The summed E-state index contributed by atoms with van der Waals surface area (Å²) in [5, 5.41) is 10.7. The number of anilines is 2. The number of benzene rings is 2. The zero-order valence-corrected chi connectivity index (χ0v) is 31.4. The van der Waals surface area contributed by atoms with Crippen LogP contribution in [0.3, 0.4) is 0 Å². The number of rotatable bonds is 9. The Morgan fingerprint density at radius 3 is 2.41 bits per heavy atom. The monoisotopic (exact) mass is 788 g/mol. The predicted octanol–water partition coefficient (Wildman–Crippen LogP) is 7.04. The average molecular weight is 789 g/mol. The van der Waals surface area contributed by atoms with Crippen LogP contribution in [0, 0.1) is 17.3 Å². The highest BCUT2D eigenvalue weighted by molar-refractivity contribution is 6.47. The van der Waals surface area contributed by atoms with Crippen molar-refractivity contribution in [1.29, 1.82) is 0 Å². The Morgan fingerprint density at radius 1 is 1.00 bits per heavy atom. The lowest BCUT2D eigenvalue weighted by atomic mass is 9.43. The number of aromatic nitrogens is 2. The Bertz CT molecular complexity index is 2100. The van der Waals surface area contributed by atoms with Crippen molar-refractivity contribution in [3.63, 3.8) is 0 Å². The number of fused-ring (bicyclic) bond motifs is 1. The van der Waals surface area contributed by atoms with Crippen molar-refractivity contribution >= 4 is 30.4 Å². The number of carbonyl (C=O) groups excluding carboxylic acids is 2. The van der Waals surface area contributed by atoms with Gasteiger partial charge in [0, 0.05) is 13.0 Å². The third kappa shape index (κ3) is 6.92. The minimum absolute atomic E-state index is 0.0616. The summed E-state index contributed by atoms with van der Waals surface area (Å²) in [7, 11) is -0.783. The summed E-state index contributed by atoms with van der Waals surface area (Å²) < 4.78 is 95.4. The number of para-hydroxylation sites is 1. The van der Waals surface area contributed by atoms with Gasteiger partial charge in [0.2, 0.25) is 5.91 Å². The molecular weight excluding hydrogens is 745 g/mol. The molecule has 3 aromatic rings. The third-order valence-corrected chi connectivity index (χ3v) is 12.4. The standard InChI is InChI=1S/C38H43BF6N6O5/c1-6-29(39-55-28-16-22-15-27(34(22,2)3)36(28,5)56-39)49-30(52)26-17-35(4,50-33(54)48-24-13-8-7-12-23(24)38(43,44)45)32-47-19-25(31(53)51(26)32)46-18-20-10-9-11-21(14-20)37(40,41)42/h7-14,19,22,26-29,46H,6,15-18H2,1-5H3,(H,49,52)(H2,48,50,54)/t22-,26-,27-,28+,29-,35+,36-/m0/s1. The van der Waals surface area contributed by atoms with E-state index in [0.29, 0.717) is 12.3 Å². The smallest absolute Gasteiger partial charge is 0.404 e. The molecule has 18 heteroatoms. The molecule has 0 unspecified atom stereocenters. The maximum atomic E-state index is 14.3. The van der Waals surface area contributed by atoms with Crippen LogP contribution in [0.25, 0.3) is 0 Å². The van der Waals surface area contributed by atoms with Crippen LogP contribution in [0.1, 0.15) is 88.9 Å². The van der Waals surface area contributed by atoms with Crippen molar-refractivity contribution < 1.29 is 45.2 Å². The van der Waals surface area contributed by atoms with E-state index in [-0.39, 0.29) is 47.5 Å². The van der Waals surface area contributed by atoms with Gasteiger partial charge in [-0.05, 0) is 80.2 Å². The van der Waals surface area contributed by atoms with E-state index in [1.54, 1.807) is 0 Å². The Hall–Kier alpha value is -4.58. The quantitative estimate of drug-likeness (QED) is 0.135. The van der Waals surface area contributed by atoms with Gasteiger partial charge in [-0.15, -0.1) is 0 Å². The number of carbonyl (C=O) groups is 2. The Balaban J connectivity index is 1.16. The molecular formula is C38H43BF6N6O5. The van der Waals surface area contributed by atoms with Crippen molar-refractivity contribution in [2.75, 3.05) is 10.6 Å². The van der Waals surface area contributed by atoms with Gasteiger partial charge in [-0.3, -0.25) is 14.2 Å². The Kier molecular flexibility index (Phi) is 9.78. The van der Waals surface area contributed by atoms with Gasteiger partial charge in [0.1, 0.15) is 17.6 Å². The van der Waals surface area contributed by atoms with Crippen molar-refractivity contribution in [2.45, 2.75) is 108 Å². The van der Waals surface area contributed by atoms with E-state index in [9.17, 15) is 40.7 Å². The predicted molar refractivity (Wildman–Crippen MR) is 194 cm³/mol. The normalized spacial score (nSPS) is 28.1. The molecule has 11 nitrogen and oxygen atoms in total. The van der Waals surface area contributed by atoms with E-state index in [1.165, 1.54) is 31.2 Å². The summed E-state index contributed by atoms with van der Waals surface area (Å²) in [4.78, 5) is 46.2. The average Bonchev–Trinajstić information content (AvgIpc) is 3.63. The van der Waals surface area contributed by atoms with Crippen LogP contribution in [-0.2, 0) is 38.5 Å². The van der Waals surface area contributed by atoms with E-state index in [2.05, 4.69) is 47.0 Å². The molecule has 2 aromatic carbocycles. The van der Waals surface area contributed by atoms with Crippen LogP contribution in [0.15, 0.2) is 59.5 Å².